The van der Waals surface area contributed by atoms with Gasteiger partial charge in [-0.1, -0.05) is 6.07 Å². The Morgan fingerprint density at radius 1 is 1.13 bits per heavy atom. The average molecular weight is 321 g/mol. The zero-order chi connectivity index (χ0) is 15.8. The number of hydrogen-bond acceptors (Lipinski definition) is 6. The Kier molecular flexibility index (Phi) is 3.38. The molecule has 0 spiro atoms. The molecule has 0 saturated heterocycles. The van der Waals surface area contributed by atoms with Crippen LogP contribution in [-0.2, 0) is 6.54 Å². The van der Waals surface area contributed by atoms with Crippen LogP contribution in [0.1, 0.15) is 17.0 Å². The molecule has 0 amide bonds. The third kappa shape index (κ3) is 2.51. The molecule has 4 heterocycles. The minimum atomic E-state index is 0.632. The van der Waals surface area contributed by atoms with Gasteiger partial charge in [0.05, 0.1) is 22.5 Å². The van der Waals surface area contributed by atoms with Crippen LogP contribution in [0, 0.1) is 13.8 Å². The van der Waals surface area contributed by atoms with Crippen molar-refractivity contribution in [2.75, 3.05) is 5.32 Å². The highest BCUT2D eigenvalue weighted by molar-refractivity contribution is 7.26. The van der Waals surface area contributed by atoms with Crippen molar-refractivity contribution in [1.82, 2.24) is 19.9 Å². The fraction of sp³-hybridized carbons (Fsp3) is 0.176. The molecule has 4 rings (SSSR count). The first-order valence-corrected chi connectivity index (χ1v) is 8.19. The molecule has 0 bridgehead atoms. The van der Waals surface area contributed by atoms with E-state index >= 15 is 0 Å². The minimum Gasteiger partial charge on any atom is -0.363 e. The summed E-state index contributed by atoms with van der Waals surface area (Å²) < 4.78 is 1.04. The highest BCUT2D eigenvalue weighted by Gasteiger charge is 2.14. The standard InChI is InChI=1S/C17H15N5S/c1-10-7-11(2)22-17-13(10)14-15(23-17)16(21-9-20-14)19-8-12-5-3-4-6-18-12/h3-7,9H,8H2,1-2H3,(H,19,20,21). The van der Waals surface area contributed by atoms with Crippen molar-refractivity contribution in [1.29, 1.82) is 0 Å². The summed E-state index contributed by atoms with van der Waals surface area (Å²) in [4.78, 5) is 18.9. The number of rotatable bonds is 3. The normalized spacial score (nSPS) is 11.2. The maximum atomic E-state index is 4.64. The number of thiophene rings is 1. The van der Waals surface area contributed by atoms with Crippen molar-refractivity contribution in [3.63, 3.8) is 0 Å². The molecule has 6 heteroatoms. The lowest BCUT2D eigenvalue weighted by atomic mass is 10.1. The second-order valence-electron chi connectivity index (χ2n) is 5.44. The van der Waals surface area contributed by atoms with Crippen LogP contribution in [0.3, 0.4) is 0 Å². The number of aryl methyl sites for hydroxylation is 2. The van der Waals surface area contributed by atoms with E-state index in [2.05, 4.69) is 38.2 Å². The van der Waals surface area contributed by atoms with E-state index < -0.39 is 0 Å². The van der Waals surface area contributed by atoms with Gasteiger partial charge in [-0.2, -0.15) is 0 Å². The zero-order valence-corrected chi connectivity index (χ0v) is 13.7. The Bertz CT molecular complexity index is 994. The summed E-state index contributed by atoms with van der Waals surface area (Å²) in [5.74, 6) is 0.834. The molecule has 0 radical (unpaired) electrons. The van der Waals surface area contributed by atoms with Crippen LogP contribution in [0.4, 0.5) is 5.82 Å². The molecule has 0 aromatic carbocycles. The Morgan fingerprint density at radius 3 is 2.87 bits per heavy atom. The zero-order valence-electron chi connectivity index (χ0n) is 12.9. The lowest BCUT2D eigenvalue weighted by molar-refractivity contribution is 1.03. The Balaban J connectivity index is 1.80. The van der Waals surface area contributed by atoms with E-state index in [1.807, 2.05) is 25.1 Å². The molecule has 5 nitrogen and oxygen atoms in total. The van der Waals surface area contributed by atoms with Gasteiger partial charge in [-0.05, 0) is 37.6 Å². The summed E-state index contributed by atoms with van der Waals surface area (Å²) in [6, 6.07) is 7.98. The van der Waals surface area contributed by atoms with Gasteiger partial charge in [0, 0.05) is 17.3 Å². The third-order valence-electron chi connectivity index (χ3n) is 3.71. The topological polar surface area (TPSA) is 63.6 Å². The summed E-state index contributed by atoms with van der Waals surface area (Å²) in [6.07, 6.45) is 3.40. The Labute approximate surface area is 137 Å². The van der Waals surface area contributed by atoms with Crippen LogP contribution in [0.2, 0.25) is 0 Å². The summed E-state index contributed by atoms with van der Waals surface area (Å²) in [5, 5.41) is 4.49. The molecule has 23 heavy (non-hydrogen) atoms. The average Bonchev–Trinajstić information content (AvgIpc) is 2.92. The van der Waals surface area contributed by atoms with Crippen LogP contribution >= 0.6 is 11.3 Å². The lowest BCUT2D eigenvalue weighted by Gasteiger charge is -2.05. The SMILES string of the molecule is Cc1cc(C)c2c(n1)sc1c(NCc3ccccn3)ncnc12. The van der Waals surface area contributed by atoms with Gasteiger partial charge in [-0.25, -0.2) is 15.0 Å². The molecule has 0 saturated carbocycles. The van der Waals surface area contributed by atoms with Crippen molar-refractivity contribution >= 4 is 37.6 Å². The fourth-order valence-electron chi connectivity index (χ4n) is 2.71. The number of aromatic nitrogens is 4. The number of pyridine rings is 2. The van der Waals surface area contributed by atoms with Crippen LogP contribution in [-0.4, -0.2) is 19.9 Å². The molecular weight excluding hydrogens is 306 g/mol. The van der Waals surface area contributed by atoms with Gasteiger partial charge in [0.2, 0.25) is 0 Å². The number of nitrogens with zero attached hydrogens (tertiary/aromatic N) is 4. The molecule has 0 aliphatic carbocycles. The first-order chi connectivity index (χ1) is 11.2. The van der Waals surface area contributed by atoms with Gasteiger partial charge in [0.15, 0.2) is 0 Å². The van der Waals surface area contributed by atoms with E-state index in [1.54, 1.807) is 23.9 Å². The predicted molar refractivity (Wildman–Crippen MR) is 93.8 cm³/mol. The molecule has 0 unspecified atom stereocenters. The van der Waals surface area contributed by atoms with Crippen LogP contribution in [0.15, 0.2) is 36.8 Å². The van der Waals surface area contributed by atoms with Crippen LogP contribution in [0.5, 0.6) is 0 Å². The number of hydrogen-bond donors (Lipinski definition) is 1. The van der Waals surface area contributed by atoms with E-state index in [1.165, 1.54) is 5.56 Å². The second-order valence-corrected chi connectivity index (χ2v) is 6.44. The molecule has 0 aliphatic heterocycles. The predicted octanol–water partition coefficient (Wildman–Crippen LogP) is 3.86. The van der Waals surface area contributed by atoms with Crippen molar-refractivity contribution in [2.45, 2.75) is 20.4 Å². The number of fused-ring (bicyclic) bond motifs is 3. The number of anilines is 1. The summed E-state index contributed by atoms with van der Waals surface area (Å²) in [7, 11) is 0. The maximum Gasteiger partial charge on any atom is 0.147 e. The molecule has 0 fully saturated rings. The molecule has 114 valence electrons. The van der Waals surface area contributed by atoms with E-state index in [0.29, 0.717) is 6.54 Å². The summed E-state index contributed by atoms with van der Waals surface area (Å²) in [6.45, 7) is 4.75. The van der Waals surface area contributed by atoms with Gasteiger partial charge < -0.3 is 5.32 Å². The van der Waals surface area contributed by atoms with Crippen molar-refractivity contribution in [2.24, 2.45) is 0 Å². The minimum absolute atomic E-state index is 0.632. The third-order valence-corrected chi connectivity index (χ3v) is 4.79. The lowest BCUT2D eigenvalue weighted by Crippen LogP contribution is -2.03. The smallest absolute Gasteiger partial charge is 0.147 e. The second kappa shape index (κ2) is 5.55. The highest BCUT2D eigenvalue weighted by Crippen LogP contribution is 2.36. The van der Waals surface area contributed by atoms with Crippen molar-refractivity contribution in [3.8, 4) is 0 Å². The monoisotopic (exact) mass is 321 g/mol. The fourth-order valence-corrected chi connectivity index (χ4v) is 3.93. The molecule has 0 aliphatic rings. The first kappa shape index (κ1) is 14.0. The van der Waals surface area contributed by atoms with E-state index in [4.69, 9.17) is 0 Å². The Morgan fingerprint density at radius 2 is 2.04 bits per heavy atom. The molecule has 4 aromatic heterocycles. The quantitative estimate of drug-likeness (QED) is 0.620. The van der Waals surface area contributed by atoms with Gasteiger partial charge in [0.1, 0.15) is 17.0 Å². The first-order valence-electron chi connectivity index (χ1n) is 7.37. The van der Waals surface area contributed by atoms with Crippen LogP contribution < -0.4 is 5.32 Å². The van der Waals surface area contributed by atoms with Gasteiger partial charge >= 0.3 is 0 Å². The van der Waals surface area contributed by atoms with Gasteiger partial charge in [0.25, 0.3) is 0 Å². The molecule has 0 atom stereocenters. The largest absolute Gasteiger partial charge is 0.363 e. The summed E-state index contributed by atoms with van der Waals surface area (Å²) in [5.41, 5.74) is 4.17. The van der Waals surface area contributed by atoms with Crippen molar-refractivity contribution in [3.05, 3.63) is 53.7 Å². The van der Waals surface area contributed by atoms with Gasteiger partial charge in [-0.3, -0.25) is 4.98 Å². The molecular formula is C17H15N5S. The highest BCUT2D eigenvalue weighted by atomic mass is 32.1. The van der Waals surface area contributed by atoms with E-state index in [0.717, 1.165) is 37.6 Å². The van der Waals surface area contributed by atoms with E-state index in [9.17, 15) is 0 Å². The number of nitrogens with one attached hydrogen (secondary N) is 1. The molecule has 4 aromatic rings. The maximum absolute atomic E-state index is 4.64. The van der Waals surface area contributed by atoms with Crippen LogP contribution in [0.25, 0.3) is 20.4 Å². The molecule has 1 N–H and O–H groups in total. The van der Waals surface area contributed by atoms with E-state index in [-0.39, 0.29) is 0 Å². The van der Waals surface area contributed by atoms with Crippen molar-refractivity contribution < 1.29 is 0 Å². The van der Waals surface area contributed by atoms with Gasteiger partial charge in [-0.15, -0.1) is 11.3 Å². The Hall–Kier alpha value is -2.60. The summed E-state index contributed by atoms with van der Waals surface area (Å²) >= 11 is 1.63.